The number of nitrogens with zero attached hydrogens (tertiary/aromatic N) is 4. The Labute approximate surface area is 112 Å². The second-order valence-corrected chi connectivity index (χ2v) is 4.77. The first-order valence-electron chi connectivity index (χ1n) is 6.59. The Hall–Kier alpha value is -2.02. The van der Waals surface area contributed by atoms with E-state index in [0.29, 0.717) is 13.1 Å². The molecule has 0 aromatic heterocycles. The van der Waals surface area contributed by atoms with Crippen LogP contribution in [0.1, 0.15) is 42.3 Å². The second-order valence-electron chi connectivity index (χ2n) is 4.77. The van der Waals surface area contributed by atoms with Gasteiger partial charge in [0.25, 0.3) is 0 Å². The molecule has 0 spiro atoms. The van der Waals surface area contributed by atoms with Crippen molar-refractivity contribution in [2.24, 2.45) is 5.11 Å². The maximum Gasteiger partial charge on any atom is 0.121 e. The Morgan fingerprint density at radius 3 is 2.74 bits per heavy atom. The highest BCUT2D eigenvalue weighted by Crippen LogP contribution is 2.40. The van der Waals surface area contributed by atoms with E-state index >= 15 is 0 Å². The van der Waals surface area contributed by atoms with Gasteiger partial charge in [0.1, 0.15) is 6.04 Å². The standard InChI is InChI=1S/C14H17N5/c15-10-14(17-8-1-9-18-19-16)13-6-4-12(5-7-13)11-2-3-11/h4-7,11,14,17H,1-3,8-9H2. The number of nitriles is 1. The third-order valence-electron chi connectivity index (χ3n) is 3.29. The highest BCUT2D eigenvalue weighted by atomic mass is 15.1. The number of rotatable bonds is 7. The summed E-state index contributed by atoms with van der Waals surface area (Å²) < 4.78 is 0. The molecule has 1 aromatic carbocycles. The van der Waals surface area contributed by atoms with Crippen LogP contribution in [0.25, 0.3) is 10.4 Å². The monoisotopic (exact) mass is 255 g/mol. The summed E-state index contributed by atoms with van der Waals surface area (Å²) in [4.78, 5) is 2.69. The first-order valence-corrected chi connectivity index (χ1v) is 6.59. The van der Waals surface area contributed by atoms with Crippen LogP contribution >= 0.6 is 0 Å². The van der Waals surface area contributed by atoms with E-state index in [1.165, 1.54) is 18.4 Å². The van der Waals surface area contributed by atoms with E-state index in [0.717, 1.165) is 17.9 Å². The van der Waals surface area contributed by atoms with Crippen LogP contribution in [0.2, 0.25) is 0 Å². The van der Waals surface area contributed by atoms with Gasteiger partial charge in [0.2, 0.25) is 0 Å². The molecule has 1 aliphatic rings. The summed E-state index contributed by atoms with van der Waals surface area (Å²) >= 11 is 0. The van der Waals surface area contributed by atoms with Gasteiger partial charge in [0.15, 0.2) is 0 Å². The lowest BCUT2D eigenvalue weighted by Crippen LogP contribution is -2.21. The van der Waals surface area contributed by atoms with Crippen LogP contribution in [0.4, 0.5) is 0 Å². The normalized spacial score (nSPS) is 15.3. The summed E-state index contributed by atoms with van der Waals surface area (Å²) in [5.41, 5.74) is 10.5. The van der Waals surface area contributed by atoms with Gasteiger partial charge >= 0.3 is 0 Å². The maximum atomic E-state index is 9.18. The summed E-state index contributed by atoms with van der Waals surface area (Å²) in [7, 11) is 0. The van der Waals surface area contributed by atoms with E-state index in [9.17, 15) is 5.26 Å². The molecule has 0 saturated heterocycles. The number of benzene rings is 1. The molecule has 0 aliphatic heterocycles. The Kier molecular flexibility index (Phi) is 4.79. The smallest absolute Gasteiger partial charge is 0.121 e. The molecule has 5 nitrogen and oxygen atoms in total. The zero-order chi connectivity index (χ0) is 13.5. The van der Waals surface area contributed by atoms with E-state index < -0.39 is 0 Å². The van der Waals surface area contributed by atoms with Gasteiger partial charge in [-0.25, -0.2) is 0 Å². The van der Waals surface area contributed by atoms with Crippen LogP contribution in [-0.4, -0.2) is 13.1 Å². The van der Waals surface area contributed by atoms with Crippen LogP contribution in [0, 0.1) is 11.3 Å². The SMILES string of the molecule is N#CC(NCCCN=[N+]=[N-])c1ccc(C2CC2)cc1. The molecular formula is C14H17N5. The third-order valence-corrected chi connectivity index (χ3v) is 3.29. The first-order chi connectivity index (χ1) is 9.35. The fourth-order valence-electron chi connectivity index (χ4n) is 2.06. The lowest BCUT2D eigenvalue weighted by molar-refractivity contribution is 0.607. The second kappa shape index (κ2) is 6.79. The molecule has 5 heteroatoms. The first kappa shape index (κ1) is 13.4. The van der Waals surface area contributed by atoms with E-state index in [-0.39, 0.29) is 6.04 Å². The van der Waals surface area contributed by atoms with Crippen LogP contribution in [0.3, 0.4) is 0 Å². The van der Waals surface area contributed by atoms with Gasteiger partial charge in [-0.3, -0.25) is 5.32 Å². The van der Waals surface area contributed by atoms with Crippen molar-refractivity contribution in [2.75, 3.05) is 13.1 Å². The van der Waals surface area contributed by atoms with E-state index in [2.05, 4.69) is 33.5 Å². The molecule has 0 bridgehead atoms. The van der Waals surface area contributed by atoms with Crippen molar-refractivity contribution in [3.05, 3.63) is 45.8 Å². The lowest BCUT2D eigenvalue weighted by Gasteiger charge is -2.12. The molecule has 1 fully saturated rings. The molecule has 1 aliphatic carbocycles. The van der Waals surface area contributed by atoms with E-state index in [1.54, 1.807) is 0 Å². The fourth-order valence-corrected chi connectivity index (χ4v) is 2.06. The molecular weight excluding hydrogens is 238 g/mol. The minimum absolute atomic E-state index is 0.292. The number of nitrogens with one attached hydrogen (secondary N) is 1. The number of azide groups is 1. The highest BCUT2D eigenvalue weighted by molar-refractivity contribution is 5.31. The summed E-state index contributed by atoms with van der Waals surface area (Å²) in [6.45, 7) is 1.13. The third kappa shape index (κ3) is 3.99. The molecule has 2 rings (SSSR count). The Bertz CT molecular complexity index is 492. The lowest BCUT2D eigenvalue weighted by atomic mass is 10.0. The van der Waals surface area contributed by atoms with Gasteiger partial charge in [-0.1, -0.05) is 29.4 Å². The zero-order valence-electron chi connectivity index (χ0n) is 10.8. The Morgan fingerprint density at radius 1 is 1.42 bits per heavy atom. The largest absolute Gasteiger partial charge is 0.298 e. The summed E-state index contributed by atoms with van der Waals surface area (Å²) in [6.07, 6.45) is 3.32. The van der Waals surface area contributed by atoms with Crippen molar-refractivity contribution in [3.8, 4) is 6.07 Å². The van der Waals surface area contributed by atoms with Gasteiger partial charge < -0.3 is 0 Å². The van der Waals surface area contributed by atoms with Crippen molar-refractivity contribution in [1.82, 2.24) is 5.32 Å². The average molecular weight is 255 g/mol. The molecule has 98 valence electrons. The minimum atomic E-state index is -0.292. The van der Waals surface area contributed by atoms with E-state index in [1.807, 2.05) is 12.1 Å². The highest BCUT2D eigenvalue weighted by Gasteiger charge is 2.23. The number of hydrogen-bond donors (Lipinski definition) is 1. The maximum absolute atomic E-state index is 9.18. The minimum Gasteiger partial charge on any atom is -0.298 e. The van der Waals surface area contributed by atoms with Crippen molar-refractivity contribution in [1.29, 1.82) is 5.26 Å². The molecule has 19 heavy (non-hydrogen) atoms. The van der Waals surface area contributed by atoms with Crippen LogP contribution in [0.15, 0.2) is 29.4 Å². The Balaban J connectivity index is 1.86. The molecule has 1 atom stereocenters. The van der Waals surface area contributed by atoms with Gasteiger partial charge in [-0.2, -0.15) is 5.26 Å². The molecule has 1 aromatic rings. The van der Waals surface area contributed by atoms with E-state index in [4.69, 9.17) is 5.53 Å². The molecule has 0 amide bonds. The molecule has 0 radical (unpaired) electrons. The van der Waals surface area contributed by atoms with Crippen molar-refractivity contribution in [3.63, 3.8) is 0 Å². The topological polar surface area (TPSA) is 84.6 Å². The zero-order valence-corrected chi connectivity index (χ0v) is 10.8. The Morgan fingerprint density at radius 2 is 2.16 bits per heavy atom. The van der Waals surface area contributed by atoms with Crippen molar-refractivity contribution in [2.45, 2.75) is 31.2 Å². The van der Waals surface area contributed by atoms with Crippen molar-refractivity contribution < 1.29 is 0 Å². The molecule has 1 saturated carbocycles. The predicted molar refractivity (Wildman–Crippen MR) is 73.4 cm³/mol. The van der Waals surface area contributed by atoms with Gasteiger partial charge in [-0.05, 0) is 48.4 Å². The summed E-state index contributed by atoms with van der Waals surface area (Å²) in [5.74, 6) is 0.742. The number of hydrogen-bond acceptors (Lipinski definition) is 3. The van der Waals surface area contributed by atoms with Crippen molar-refractivity contribution >= 4 is 0 Å². The van der Waals surface area contributed by atoms with Crippen LogP contribution in [0.5, 0.6) is 0 Å². The van der Waals surface area contributed by atoms with Gasteiger partial charge in [-0.15, -0.1) is 0 Å². The molecule has 0 heterocycles. The van der Waals surface area contributed by atoms with Gasteiger partial charge in [0, 0.05) is 11.5 Å². The van der Waals surface area contributed by atoms with Gasteiger partial charge in [0.05, 0.1) is 6.07 Å². The molecule has 1 N–H and O–H groups in total. The summed E-state index contributed by atoms with van der Waals surface area (Å²) in [6, 6.07) is 10.3. The average Bonchev–Trinajstić information content (AvgIpc) is 3.28. The summed E-state index contributed by atoms with van der Waals surface area (Å²) in [5, 5.41) is 15.8. The molecule has 1 unspecified atom stereocenters. The predicted octanol–water partition coefficient (Wildman–Crippen LogP) is 3.42. The fraction of sp³-hybridized carbons (Fsp3) is 0.500. The quantitative estimate of drug-likeness (QED) is 0.350. The van der Waals surface area contributed by atoms with Crippen LogP contribution < -0.4 is 5.32 Å². The van der Waals surface area contributed by atoms with Crippen LogP contribution in [-0.2, 0) is 0 Å².